The SMILES string of the molecule is CC(C)NC(=O)[C@H](Cc1ccccc1)N(Cc1ccc(Br)cc1)C(=O)COc1ccccc1C(C)C. The van der Waals surface area contributed by atoms with Crippen molar-refractivity contribution < 1.29 is 14.3 Å². The Labute approximate surface area is 223 Å². The molecule has 0 aliphatic rings. The van der Waals surface area contributed by atoms with Crippen molar-refractivity contribution in [3.8, 4) is 5.75 Å². The van der Waals surface area contributed by atoms with Crippen LogP contribution < -0.4 is 10.1 Å². The largest absolute Gasteiger partial charge is 0.483 e. The number of amides is 2. The minimum atomic E-state index is -0.685. The molecule has 6 heteroatoms. The number of para-hydroxylation sites is 1. The predicted molar refractivity (Wildman–Crippen MR) is 148 cm³/mol. The van der Waals surface area contributed by atoms with Crippen molar-refractivity contribution >= 4 is 27.7 Å². The molecule has 3 aromatic carbocycles. The van der Waals surface area contributed by atoms with Crippen molar-refractivity contribution in [2.45, 2.75) is 58.7 Å². The van der Waals surface area contributed by atoms with Crippen LogP contribution in [-0.4, -0.2) is 35.4 Å². The molecule has 2 amide bonds. The molecule has 3 aromatic rings. The molecule has 1 atom stereocenters. The fraction of sp³-hybridized carbons (Fsp3) is 0.333. The van der Waals surface area contributed by atoms with Gasteiger partial charge < -0.3 is 15.0 Å². The Balaban J connectivity index is 1.92. The van der Waals surface area contributed by atoms with Crippen LogP contribution >= 0.6 is 15.9 Å². The van der Waals surface area contributed by atoms with Crippen molar-refractivity contribution in [3.05, 3.63) is 100 Å². The van der Waals surface area contributed by atoms with Gasteiger partial charge >= 0.3 is 0 Å². The summed E-state index contributed by atoms with van der Waals surface area (Å²) in [6.45, 7) is 8.17. The lowest BCUT2D eigenvalue weighted by atomic mass is 10.0. The van der Waals surface area contributed by atoms with Gasteiger partial charge in [-0.25, -0.2) is 0 Å². The Bertz CT molecular complexity index is 1130. The zero-order valence-corrected chi connectivity index (χ0v) is 23.0. The number of hydrogen-bond acceptors (Lipinski definition) is 3. The smallest absolute Gasteiger partial charge is 0.261 e. The lowest BCUT2D eigenvalue weighted by Gasteiger charge is -2.32. The molecule has 0 heterocycles. The molecular weight excluding hydrogens is 516 g/mol. The molecule has 0 fully saturated rings. The van der Waals surface area contributed by atoms with Gasteiger partial charge in [0.25, 0.3) is 5.91 Å². The van der Waals surface area contributed by atoms with E-state index >= 15 is 0 Å². The molecule has 0 saturated heterocycles. The van der Waals surface area contributed by atoms with E-state index in [1.807, 2.05) is 92.7 Å². The van der Waals surface area contributed by atoms with Gasteiger partial charge in [0.05, 0.1) is 0 Å². The summed E-state index contributed by atoms with van der Waals surface area (Å²) in [5.74, 6) is 0.534. The molecule has 1 N–H and O–H groups in total. The first-order valence-corrected chi connectivity index (χ1v) is 13.1. The molecule has 36 heavy (non-hydrogen) atoms. The Morgan fingerprint density at radius 3 is 2.14 bits per heavy atom. The normalized spacial score (nSPS) is 11.9. The van der Waals surface area contributed by atoms with Crippen LogP contribution in [0.4, 0.5) is 0 Å². The third kappa shape index (κ3) is 7.95. The van der Waals surface area contributed by atoms with Gasteiger partial charge in [0.1, 0.15) is 11.8 Å². The molecule has 5 nitrogen and oxygen atoms in total. The number of hydrogen-bond donors (Lipinski definition) is 1. The first kappa shape index (κ1) is 27.5. The summed E-state index contributed by atoms with van der Waals surface area (Å²) in [4.78, 5) is 28.8. The van der Waals surface area contributed by atoms with Crippen LogP contribution in [0.1, 0.15) is 50.3 Å². The number of nitrogens with zero attached hydrogens (tertiary/aromatic N) is 1. The van der Waals surface area contributed by atoms with Crippen LogP contribution in [0.15, 0.2) is 83.3 Å². The zero-order chi connectivity index (χ0) is 26.1. The maximum Gasteiger partial charge on any atom is 0.261 e. The summed E-state index contributed by atoms with van der Waals surface area (Å²) < 4.78 is 6.98. The first-order valence-electron chi connectivity index (χ1n) is 12.3. The van der Waals surface area contributed by atoms with Gasteiger partial charge in [-0.3, -0.25) is 9.59 Å². The summed E-state index contributed by atoms with van der Waals surface area (Å²) in [6.07, 6.45) is 0.407. The molecule has 190 valence electrons. The minimum absolute atomic E-state index is 0.0467. The maximum absolute atomic E-state index is 13.7. The molecule has 0 aliphatic carbocycles. The van der Waals surface area contributed by atoms with E-state index in [9.17, 15) is 9.59 Å². The van der Waals surface area contributed by atoms with E-state index in [-0.39, 0.29) is 30.4 Å². The molecular formula is C30H35BrN2O3. The molecule has 0 spiro atoms. The van der Waals surface area contributed by atoms with Crippen molar-refractivity contribution in [3.63, 3.8) is 0 Å². The molecule has 0 radical (unpaired) electrons. The summed E-state index contributed by atoms with van der Waals surface area (Å²) in [5, 5.41) is 3.01. The third-order valence-electron chi connectivity index (χ3n) is 5.86. The fourth-order valence-corrected chi connectivity index (χ4v) is 4.30. The quantitative estimate of drug-likeness (QED) is 0.313. The van der Waals surface area contributed by atoms with Crippen LogP contribution in [-0.2, 0) is 22.6 Å². The van der Waals surface area contributed by atoms with Crippen LogP contribution in [0.25, 0.3) is 0 Å². The second-order valence-electron chi connectivity index (χ2n) is 9.50. The monoisotopic (exact) mass is 550 g/mol. The lowest BCUT2D eigenvalue weighted by molar-refractivity contribution is -0.143. The summed E-state index contributed by atoms with van der Waals surface area (Å²) in [5.41, 5.74) is 2.97. The van der Waals surface area contributed by atoms with E-state index in [4.69, 9.17) is 4.74 Å². The Morgan fingerprint density at radius 1 is 0.861 bits per heavy atom. The van der Waals surface area contributed by atoms with Gasteiger partial charge in [0.15, 0.2) is 6.61 Å². The Kier molecular flexibility index (Phi) is 10.1. The van der Waals surface area contributed by atoms with Crippen molar-refractivity contribution in [1.82, 2.24) is 10.2 Å². The van der Waals surface area contributed by atoms with Crippen molar-refractivity contribution in [1.29, 1.82) is 0 Å². The molecule has 0 unspecified atom stereocenters. The number of halogens is 1. The average molecular weight is 552 g/mol. The number of carbonyl (C=O) groups is 2. The molecule has 0 saturated carbocycles. The molecule has 0 bridgehead atoms. The summed E-state index contributed by atoms with van der Waals surface area (Å²) in [6, 6.07) is 24.6. The predicted octanol–water partition coefficient (Wildman–Crippen LogP) is 6.12. The topological polar surface area (TPSA) is 58.6 Å². The maximum atomic E-state index is 13.7. The Morgan fingerprint density at radius 2 is 1.50 bits per heavy atom. The minimum Gasteiger partial charge on any atom is -0.483 e. The van der Waals surface area contributed by atoms with Gasteiger partial charge in [0.2, 0.25) is 5.91 Å². The van der Waals surface area contributed by atoms with Gasteiger partial charge in [-0.2, -0.15) is 0 Å². The highest BCUT2D eigenvalue weighted by Gasteiger charge is 2.31. The van der Waals surface area contributed by atoms with Crippen LogP contribution in [0.5, 0.6) is 5.75 Å². The highest BCUT2D eigenvalue weighted by molar-refractivity contribution is 9.10. The van der Waals surface area contributed by atoms with Gasteiger partial charge in [-0.05, 0) is 54.7 Å². The van der Waals surface area contributed by atoms with Gasteiger partial charge in [-0.1, -0.05) is 90.4 Å². The van der Waals surface area contributed by atoms with E-state index in [0.717, 1.165) is 21.2 Å². The Hall–Kier alpha value is -3.12. The molecule has 0 aliphatic heterocycles. The fourth-order valence-electron chi connectivity index (χ4n) is 4.03. The second-order valence-corrected chi connectivity index (χ2v) is 10.4. The summed E-state index contributed by atoms with van der Waals surface area (Å²) >= 11 is 3.47. The van der Waals surface area contributed by atoms with Gasteiger partial charge in [0, 0.05) is 23.5 Å². The van der Waals surface area contributed by atoms with Crippen LogP contribution in [0.3, 0.4) is 0 Å². The van der Waals surface area contributed by atoms with E-state index in [1.54, 1.807) is 4.90 Å². The average Bonchev–Trinajstić information content (AvgIpc) is 2.86. The number of carbonyl (C=O) groups excluding carboxylic acids is 2. The number of benzene rings is 3. The number of ether oxygens (including phenoxy) is 1. The second kappa shape index (κ2) is 13.3. The number of rotatable bonds is 11. The first-order chi connectivity index (χ1) is 17.2. The lowest BCUT2D eigenvalue weighted by Crippen LogP contribution is -2.52. The van der Waals surface area contributed by atoms with E-state index in [2.05, 4.69) is 35.1 Å². The van der Waals surface area contributed by atoms with E-state index in [1.165, 1.54) is 0 Å². The van der Waals surface area contributed by atoms with Gasteiger partial charge in [-0.15, -0.1) is 0 Å². The summed E-state index contributed by atoms with van der Waals surface area (Å²) in [7, 11) is 0. The molecule has 3 rings (SSSR count). The van der Waals surface area contributed by atoms with Crippen LogP contribution in [0.2, 0.25) is 0 Å². The molecule has 0 aromatic heterocycles. The third-order valence-corrected chi connectivity index (χ3v) is 6.39. The zero-order valence-electron chi connectivity index (χ0n) is 21.4. The van der Waals surface area contributed by atoms with E-state index in [0.29, 0.717) is 18.7 Å². The number of nitrogens with one attached hydrogen (secondary N) is 1. The highest BCUT2D eigenvalue weighted by Crippen LogP contribution is 2.26. The standard InChI is InChI=1S/C30H35BrN2O3/c1-21(2)26-12-8-9-13-28(26)36-20-29(34)33(19-24-14-16-25(31)17-15-24)27(30(35)32-22(3)4)18-23-10-6-5-7-11-23/h5-17,21-22,27H,18-20H2,1-4H3,(H,32,35)/t27-/m0/s1. The van der Waals surface area contributed by atoms with E-state index < -0.39 is 6.04 Å². The van der Waals surface area contributed by atoms with Crippen molar-refractivity contribution in [2.75, 3.05) is 6.61 Å². The van der Waals surface area contributed by atoms with Crippen LogP contribution in [0, 0.1) is 0 Å². The van der Waals surface area contributed by atoms with Crippen molar-refractivity contribution in [2.24, 2.45) is 0 Å². The highest BCUT2D eigenvalue weighted by atomic mass is 79.9.